The normalized spacial score (nSPS) is 17.2. The Morgan fingerprint density at radius 3 is 2.17 bits per heavy atom. The predicted molar refractivity (Wildman–Crippen MR) is 134 cm³/mol. The molecular weight excluding hydrogens is 448 g/mol. The highest BCUT2D eigenvalue weighted by Gasteiger charge is 2.47. The maximum atomic E-state index is 13.4. The summed E-state index contributed by atoms with van der Waals surface area (Å²) >= 11 is 0. The van der Waals surface area contributed by atoms with Crippen LogP contribution in [0.15, 0.2) is 42.0 Å². The Labute approximate surface area is 206 Å². The first-order valence-electron chi connectivity index (χ1n) is 11.7. The van der Waals surface area contributed by atoms with Gasteiger partial charge in [0.1, 0.15) is 23.0 Å². The molecule has 1 saturated heterocycles. The van der Waals surface area contributed by atoms with Gasteiger partial charge < -0.3 is 29.1 Å². The molecule has 1 atom stereocenters. The summed E-state index contributed by atoms with van der Waals surface area (Å²) in [5.74, 6) is 0.0546. The lowest BCUT2D eigenvalue weighted by Gasteiger charge is -2.29. The zero-order valence-corrected chi connectivity index (χ0v) is 21.3. The summed E-state index contributed by atoms with van der Waals surface area (Å²) < 4.78 is 16.3. The summed E-state index contributed by atoms with van der Waals surface area (Å²) in [6, 6.07) is 9.56. The highest BCUT2D eigenvalue weighted by molar-refractivity contribution is 6.46. The molecule has 0 spiro atoms. The third kappa shape index (κ3) is 5.12. The van der Waals surface area contributed by atoms with Gasteiger partial charge in [0.2, 0.25) is 0 Å². The standard InChI is InChI=1S/C27H34N2O6/c1-7-28(8-2)13-14-29-24(21-16-19(34-5)10-12-22(21)35-6)23(26(31)27(29)32)25(30)20-11-9-18(33-4)15-17(20)3/h9-12,15-16,24,30H,7-8,13-14H2,1-6H3/t24-/m0/s1. The second kappa shape index (κ2) is 11.3. The summed E-state index contributed by atoms with van der Waals surface area (Å²) in [6.07, 6.45) is 0. The van der Waals surface area contributed by atoms with Crippen molar-refractivity contribution in [1.29, 1.82) is 0 Å². The molecule has 2 aromatic carbocycles. The second-order valence-corrected chi connectivity index (χ2v) is 8.31. The van der Waals surface area contributed by atoms with Gasteiger partial charge in [0.15, 0.2) is 0 Å². The zero-order valence-electron chi connectivity index (χ0n) is 21.3. The van der Waals surface area contributed by atoms with Crippen molar-refractivity contribution >= 4 is 17.4 Å². The topological polar surface area (TPSA) is 88.5 Å². The first-order valence-corrected chi connectivity index (χ1v) is 11.7. The van der Waals surface area contributed by atoms with Crippen LogP contribution in [-0.4, -0.2) is 74.1 Å². The van der Waals surface area contributed by atoms with E-state index in [-0.39, 0.29) is 11.3 Å². The Morgan fingerprint density at radius 2 is 1.60 bits per heavy atom. The number of amides is 1. The van der Waals surface area contributed by atoms with Crippen molar-refractivity contribution in [2.75, 3.05) is 47.5 Å². The highest BCUT2D eigenvalue weighted by atomic mass is 16.5. The third-order valence-corrected chi connectivity index (χ3v) is 6.51. The Balaban J connectivity index is 2.22. The van der Waals surface area contributed by atoms with E-state index < -0.39 is 17.7 Å². The molecule has 1 amide bonds. The summed E-state index contributed by atoms with van der Waals surface area (Å²) in [5.41, 5.74) is 1.76. The molecule has 0 bridgehead atoms. The van der Waals surface area contributed by atoms with E-state index in [1.165, 1.54) is 12.0 Å². The van der Waals surface area contributed by atoms with Gasteiger partial charge in [0.05, 0.1) is 32.9 Å². The van der Waals surface area contributed by atoms with Crippen molar-refractivity contribution in [1.82, 2.24) is 9.80 Å². The summed E-state index contributed by atoms with van der Waals surface area (Å²) in [5, 5.41) is 11.4. The van der Waals surface area contributed by atoms with E-state index in [0.717, 1.165) is 13.1 Å². The van der Waals surface area contributed by atoms with Crippen molar-refractivity contribution in [3.05, 3.63) is 58.7 Å². The van der Waals surface area contributed by atoms with Crippen LogP contribution in [0.25, 0.3) is 5.76 Å². The minimum absolute atomic E-state index is 0.0226. The molecule has 0 saturated carbocycles. The number of likely N-dealkylation sites (N-methyl/N-ethyl adjacent to an activating group) is 1. The molecular formula is C27H34N2O6. The molecule has 8 nitrogen and oxygen atoms in total. The molecule has 1 aliphatic heterocycles. The number of rotatable bonds is 10. The van der Waals surface area contributed by atoms with Gasteiger partial charge in [-0.05, 0) is 62.0 Å². The van der Waals surface area contributed by atoms with E-state index in [4.69, 9.17) is 14.2 Å². The first kappa shape index (κ1) is 26.1. The fourth-order valence-electron chi connectivity index (χ4n) is 4.45. The number of ether oxygens (including phenoxy) is 3. The summed E-state index contributed by atoms with van der Waals surface area (Å²) in [6.45, 7) is 8.45. The molecule has 1 heterocycles. The summed E-state index contributed by atoms with van der Waals surface area (Å²) in [7, 11) is 4.63. The van der Waals surface area contributed by atoms with E-state index in [9.17, 15) is 14.7 Å². The molecule has 1 N–H and O–H groups in total. The van der Waals surface area contributed by atoms with Gasteiger partial charge in [-0.15, -0.1) is 0 Å². The van der Waals surface area contributed by atoms with Crippen molar-refractivity contribution in [2.45, 2.75) is 26.8 Å². The molecule has 35 heavy (non-hydrogen) atoms. The van der Waals surface area contributed by atoms with Crippen LogP contribution in [0, 0.1) is 6.92 Å². The number of hydrogen-bond donors (Lipinski definition) is 1. The van der Waals surface area contributed by atoms with Crippen LogP contribution in [0.1, 0.15) is 36.6 Å². The maximum absolute atomic E-state index is 13.4. The van der Waals surface area contributed by atoms with Gasteiger partial charge in [0.25, 0.3) is 11.7 Å². The van der Waals surface area contributed by atoms with Crippen LogP contribution >= 0.6 is 0 Å². The number of carbonyl (C=O) groups is 2. The molecule has 2 aromatic rings. The highest BCUT2D eigenvalue weighted by Crippen LogP contribution is 2.44. The Kier molecular flexibility index (Phi) is 8.40. The Morgan fingerprint density at radius 1 is 0.971 bits per heavy atom. The van der Waals surface area contributed by atoms with Gasteiger partial charge in [-0.3, -0.25) is 9.59 Å². The fraction of sp³-hybridized carbons (Fsp3) is 0.407. The number of likely N-dealkylation sites (tertiary alicyclic amines) is 1. The minimum Gasteiger partial charge on any atom is -0.507 e. The van der Waals surface area contributed by atoms with Crippen LogP contribution in [0.5, 0.6) is 17.2 Å². The number of aliphatic hydroxyl groups is 1. The molecule has 1 aliphatic rings. The molecule has 8 heteroatoms. The lowest BCUT2D eigenvalue weighted by Crippen LogP contribution is -2.38. The molecule has 0 unspecified atom stereocenters. The van der Waals surface area contributed by atoms with Gasteiger partial charge in [-0.25, -0.2) is 0 Å². The minimum atomic E-state index is -0.836. The SMILES string of the molecule is CCN(CC)CCN1C(=O)C(=O)C(=C(O)c2ccc(OC)cc2C)[C@@H]1c1cc(OC)ccc1OC. The van der Waals surface area contributed by atoms with E-state index in [2.05, 4.69) is 4.90 Å². The number of aliphatic hydroxyl groups excluding tert-OH is 1. The molecule has 0 aliphatic carbocycles. The number of nitrogens with zero attached hydrogens (tertiary/aromatic N) is 2. The number of aryl methyl sites for hydroxylation is 1. The monoisotopic (exact) mass is 482 g/mol. The molecule has 188 valence electrons. The quantitative estimate of drug-likeness (QED) is 0.313. The van der Waals surface area contributed by atoms with Crippen LogP contribution < -0.4 is 14.2 Å². The Bertz CT molecular complexity index is 1120. The van der Waals surface area contributed by atoms with Crippen LogP contribution in [0.4, 0.5) is 0 Å². The van der Waals surface area contributed by atoms with Crippen LogP contribution in [0.3, 0.4) is 0 Å². The van der Waals surface area contributed by atoms with Crippen LogP contribution in [-0.2, 0) is 9.59 Å². The fourth-order valence-corrected chi connectivity index (χ4v) is 4.45. The van der Waals surface area contributed by atoms with E-state index in [1.54, 1.807) is 50.6 Å². The average molecular weight is 483 g/mol. The number of Topliss-reactive ketones (excluding diaryl/α,β-unsaturated/α-hetero) is 1. The predicted octanol–water partition coefficient (Wildman–Crippen LogP) is 3.78. The number of ketones is 1. The molecule has 0 radical (unpaired) electrons. The van der Waals surface area contributed by atoms with Gasteiger partial charge in [-0.1, -0.05) is 13.8 Å². The lowest BCUT2D eigenvalue weighted by atomic mass is 9.93. The molecule has 3 rings (SSSR count). The first-order chi connectivity index (χ1) is 16.8. The van der Waals surface area contributed by atoms with Gasteiger partial charge in [-0.2, -0.15) is 0 Å². The largest absolute Gasteiger partial charge is 0.507 e. The number of methoxy groups -OCH3 is 3. The van der Waals surface area contributed by atoms with Gasteiger partial charge in [0, 0.05) is 24.2 Å². The van der Waals surface area contributed by atoms with Crippen molar-refractivity contribution in [3.63, 3.8) is 0 Å². The summed E-state index contributed by atoms with van der Waals surface area (Å²) in [4.78, 5) is 30.3. The molecule has 1 fully saturated rings. The zero-order chi connectivity index (χ0) is 25.7. The lowest BCUT2D eigenvalue weighted by molar-refractivity contribution is -0.140. The van der Waals surface area contributed by atoms with E-state index in [0.29, 0.717) is 47.0 Å². The maximum Gasteiger partial charge on any atom is 0.295 e. The molecule has 0 aromatic heterocycles. The van der Waals surface area contributed by atoms with E-state index in [1.807, 2.05) is 20.8 Å². The van der Waals surface area contributed by atoms with Gasteiger partial charge >= 0.3 is 0 Å². The number of benzene rings is 2. The Hall–Kier alpha value is -3.52. The van der Waals surface area contributed by atoms with E-state index >= 15 is 0 Å². The van der Waals surface area contributed by atoms with Crippen molar-refractivity contribution < 1.29 is 28.9 Å². The van der Waals surface area contributed by atoms with Crippen molar-refractivity contribution in [3.8, 4) is 17.2 Å². The average Bonchev–Trinajstić information content (AvgIpc) is 3.13. The third-order valence-electron chi connectivity index (χ3n) is 6.51. The van der Waals surface area contributed by atoms with Crippen LogP contribution in [0.2, 0.25) is 0 Å². The number of carbonyl (C=O) groups excluding carboxylic acids is 2. The smallest absolute Gasteiger partial charge is 0.295 e. The number of hydrogen-bond acceptors (Lipinski definition) is 7. The van der Waals surface area contributed by atoms with Crippen molar-refractivity contribution in [2.24, 2.45) is 0 Å². The second-order valence-electron chi connectivity index (χ2n) is 8.31.